The third kappa shape index (κ3) is 3.18. The number of nitrogens with one attached hydrogen (secondary N) is 1. The number of nitrogens with zero attached hydrogens (tertiary/aromatic N) is 1. The molecule has 0 aliphatic carbocycles. The number of fused-ring (bicyclic) bond motifs is 1. The average Bonchev–Trinajstić information content (AvgIpc) is 2.98. The van der Waals surface area contributed by atoms with Gasteiger partial charge in [0, 0.05) is 22.6 Å². The molecule has 24 heavy (non-hydrogen) atoms. The second kappa shape index (κ2) is 5.48. The van der Waals surface area contributed by atoms with E-state index in [-0.39, 0.29) is 5.09 Å². The fourth-order valence-electron chi connectivity index (χ4n) is 2.07. The Bertz CT molecular complexity index is 1060. The molecule has 2 heterocycles. The van der Waals surface area contributed by atoms with Crippen LogP contribution in [0.25, 0.3) is 11.0 Å². The van der Waals surface area contributed by atoms with E-state index in [2.05, 4.69) is 9.71 Å². The number of aromatic nitrogens is 1. The summed E-state index contributed by atoms with van der Waals surface area (Å²) in [6.45, 7) is 5.62. The van der Waals surface area contributed by atoms with Crippen LogP contribution in [0.1, 0.15) is 26.7 Å². The Morgan fingerprint density at radius 2 is 1.83 bits per heavy atom. The molecule has 0 fully saturated rings. The first-order valence-corrected chi connectivity index (χ1v) is 8.66. The number of sulfonamides is 1. The van der Waals surface area contributed by atoms with Crippen LogP contribution in [-0.4, -0.2) is 13.4 Å². The molecule has 3 rings (SSSR count). The summed E-state index contributed by atoms with van der Waals surface area (Å²) in [7, 11) is -3.90. The quantitative estimate of drug-likeness (QED) is 0.730. The highest BCUT2D eigenvalue weighted by Gasteiger charge is 2.25. The third-order valence-corrected chi connectivity index (χ3v) is 4.49. The molecular formula is C16H16N2O5S. The van der Waals surface area contributed by atoms with Crippen LogP contribution in [0.4, 0.5) is 5.69 Å². The van der Waals surface area contributed by atoms with Crippen molar-refractivity contribution in [3.05, 3.63) is 52.8 Å². The van der Waals surface area contributed by atoms with Crippen molar-refractivity contribution in [2.24, 2.45) is 0 Å². The highest BCUT2D eigenvalue weighted by atomic mass is 32.2. The lowest BCUT2D eigenvalue weighted by molar-refractivity contribution is 0.344. The van der Waals surface area contributed by atoms with Gasteiger partial charge in [-0.1, -0.05) is 20.8 Å². The fourth-order valence-corrected chi connectivity index (χ4v) is 2.99. The SMILES string of the molecule is CC(C)(C)c1ncc(S(=O)(=O)Nc2ccc3oc(=O)ccc3c2)o1. The molecule has 0 radical (unpaired) electrons. The summed E-state index contributed by atoms with van der Waals surface area (Å²) in [5.41, 5.74) is -0.161. The van der Waals surface area contributed by atoms with Crippen LogP contribution in [0.15, 0.2) is 55.2 Å². The monoisotopic (exact) mass is 348 g/mol. The highest BCUT2D eigenvalue weighted by molar-refractivity contribution is 7.92. The topological polar surface area (TPSA) is 102 Å². The number of hydrogen-bond donors (Lipinski definition) is 1. The minimum absolute atomic E-state index is 0.257. The first-order chi connectivity index (χ1) is 11.1. The molecule has 1 aromatic carbocycles. The summed E-state index contributed by atoms with van der Waals surface area (Å²) in [6.07, 6.45) is 1.18. The zero-order valence-electron chi connectivity index (χ0n) is 13.4. The van der Waals surface area contributed by atoms with Gasteiger partial charge in [-0.15, -0.1) is 0 Å². The molecule has 0 saturated carbocycles. The zero-order chi connectivity index (χ0) is 17.5. The Balaban J connectivity index is 1.93. The maximum atomic E-state index is 12.4. The van der Waals surface area contributed by atoms with Crippen LogP contribution in [0.3, 0.4) is 0 Å². The van der Waals surface area contributed by atoms with Gasteiger partial charge in [0.15, 0.2) is 0 Å². The minimum Gasteiger partial charge on any atom is -0.427 e. The van der Waals surface area contributed by atoms with Crippen LogP contribution in [0.5, 0.6) is 0 Å². The molecule has 8 heteroatoms. The molecule has 1 N–H and O–H groups in total. The molecule has 2 aromatic heterocycles. The van der Waals surface area contributed by atoms with Crippen LogP contribution in [0, 0.1) is 0 Å². The summed E-state index contributed by atoms with van der Waals surface area (Å²) in [5, 5.41) is 0.342. The van der Waals surface area contributed by atoms with Crippen LogP contribution in [0.2, 0.25) is 0 Å². The number of rotatable bonds is 3. The predicted octanol–water partition coefficient (Wildman–Crippen LogP) is 2.88. The van der Waals surface area contributed by atoms with Gasteiger partial charge in [0.25, 0.3) is 15.1 Å². The maximum absolute atomic E-state index is 12.4. The van der Waals surface area contributed by atoms with Crippen LogP contribution >= 0.6 is 0 Å². The molecule has 0 atom stereocenters. The number of benzene rings is 1. The zero-order valence-corrected chi connectivity index (χ0v) is 14.2. The van der Waals surface area contributed by atoms with Crippen molar-refractivity contribution in [3.63, 3.8) is 0 Å². The van der Waals surface area contributed by atoms with Gasteiger partial charge < -0.3 is 8.83 Å². The Labute approximate surface area is 138 Å². The second-order valence-electron chi connectivity index (χ2n) is 6.35. The Morgan fingerprint density at radius 3 is 2.50 bits per heavy atom. The average molecular weight is 348 g/mol. The van der Waals surface area contributed by atoms with Gasteiger partial charge in [-0.3, -0.25) is 4.72 Å². The van der Waals surface area contributed by atoms with Gasteiger partial charge in [-0.25, -0.2) is 9.78 Å². The second-order valence-corrected chi connectivity index (χ2v) is 7.96. The molecule has 0 amide bonds. The first-order valence-electron chi connectivity index (χ1n) is 7.18. The molecule has 0 saturated heterocycles. The molecule has 7 nitrogen and oxygen atoms in total. The molecule has 0 unspecified atom stereocenters. The molecule has 0 bridgehead atoms. The number of anilines is 1. The highest BCUT2D eigenvalue weighted by Crippen LogP contribution is 2.25. The van der Waals surface area contributed by atoms with E-state index in [1.165, 1.54) is 24.4 Å². The van der Waals surface area contributed by atoms with E-state index in [1.54, 1.807) is 12.1 Å². The van der Waals surface area contributed by atoms with E-state index in [9.17, 15) is 13.2 Å². The van der Waals surface area contributed by atoms with E-state index in [0.717, 1.165) is 0 Å². The van der Waals surface area contributed by atoms with Gasteiger partial charge in [0.05, 0.1) is 6.20 Å². The lowest BCUT2D eigenvalue weighted by Gasteiger charge is -2.12. The van der Waals surface area contributed by atoms with Gasteiger partial charge in [0.2, 0.25) is 5.89 Å². The minimum atomic E-state index is -3.90. The summed E-state index contributed by atoms with van der Waals surface area (Å²) in [5.74, 6) is 0.336. The van der Waals surface area contributed by atoms with Gasteiger partial charge >= 0.3 is 5.63 Å². The van der Waals surface area contributed by atoms with Gasteiger partial charge in [-0.2, -0.15) is 8.42 Å². The summed E-state index contributed by atoms with van der Waals surface area (Å²) in [4.78, 5) is 15.2. The van der Waals surface area contributed by atoms with E-state index < -0.39 is 21.1 Å². The van der Waals surface area contributed by atoms with Crippen molar-refractivity contribution in [2.75, 3.05) is 4.72 Å². The summed E-state index contributed by atoms with van der Waals surface area (Å²) >= 11 is 0. The van der Waals surface area contributed by atoms with Crippen LogP contribution < -0.4 is 10.3 Å². The molecule has 0 aliphatic rings. The van der Waals surface area contributed by atoms with Crippen molar-refractivity contribution >= 4 is 26.7 Å². The first kappa shape index (κ1) is 16.3. The van der Waals surface area contributed by atoms with Gasteiger partial charge in [-0.05, 0) is 24.3 Å². The van der Waals surface area contributed by atoms with Crippen LogP contribution in [-0.2, 0) is 15.4 Å². The van der Waals surface area contributed by atoms with Crippen molar-refractivity contribution < 1.29 is 17.3 Å². The van der Waals surface area contributed by atoms with Crippen molar-refractivity contribution in [1.29, 1.82) is 0 Å². The molecule has 126 valence electrons. The summed E-state index contributed by atoms with van der Waals surface area (Å²) in [6, 6.07) is 7.42. The molecule has 3 aromatic rings. The smallest absolute Gasteiger partial charge is 0.336 e. The fraction of sp³-hybridized carbons (Fsp3) is 0.250. The lowest BCUT2D eigenvalue weighted by atomic mass is 9.97. The maximum Gasteiger partial charge on any atom is 0.336 e. The molecule has 0 aliphatic heterocycles. The van der Waals surface area contributed by atoms with Gasteiger partial charge in [0.1, 0.15) is 5.58 Å². The van der Waals surface area contributed by atoms with E-state index in [4.69, 9.17) is 8.83 Å². The molecular weight excluding hydrogens is 332 g/mol. The van der Waals surface area contributed by atoms with Crippen molar-refractivity contribution in [2.45, 2.75) is 31.3 Å². The standard InChI is InChI=1S/C16H16N2O5S/c1-16(2,3)15-17-9-14(23-15)24(20,21)18-11-5-6-12-10(8-11)4-7-13(19)22-12/h4-9,18H,1-3H3. The lowest BCUT2D eigenvalue weighted by Crippen LogP contribution is -2.13. The van der Waals surface area contributed by atoms with Crippen molar-refractivity contribution in [1.82, 2.24) is 4.98 Å². The number of hydrogen-bond acceptors (Lipinski definition) is 6. The third-order valence-electron chi connectivity index (χ3n) is 3.26. The van der Waals surface area contributed by atoms with E-state index in [0.29, 0.717) is 22.5 Å². The summed E-state index contributed by atoms with van der Waals surface area (Å²) < 4.78 is 37.6. The number of oxazole rings is 1. The Hall–Kier alpha value is -2.61. The Kier molecular flexibility index (Phi) is 3.71. The predicted molar refractivity (Wildman–Crippen MR) is 88.5 cm³/mol. The molecule has 0 spiro atoms. The largest absolute Gasteiger partial charge is 0.427 e. The van der Waals surface area contributed by atoms with Crippen molar-refractivity contribution in [3.8, 4) is 0 Å². The Morgan fingerprint density at radius 1 is 1.08 bits per heavy atom. The normalized spacial score (nSPS) is 12.5. The van der Waals surface area contributed by atoms with E-state index in [1.807, 2.05) is 20.8 Å². The van der Waals surface area contributed by atoms with E-state index >= 15 is 0 Å².